The molecule has 2 atom stereocenters. The number of sulfone groups is 1. The lowest BCUT2D eigenvalue weighted by Crippen LogP contribution is -2.42. The average Bonchev–Trinajstić information content (AvgIpc) is 3.06. The molecule has 0 saturated carbocycles. The van der Waals surface area contributed by atoms with E-state index in [4.69, 9.17) is 9.73 Å². The summed E-state index contributed by atoms with van der Waals surface area (Å²) in [5.74, 6) is 1.52. The summed E-state index contributed by atoms with van der Waals surface area (Å²) in [7, 11) is -3.15. The molecule has 0 bridgehead atoms. The molecule has 2 aliphatic heterocycles. The molecule has 6 nitrogen and oxygen atoms in total. The van der Waals surface area contributed by atoms with Gasteiger partial charge in [0.1, 0.15) is 5.84 Å². The van der Waals surface area contributed by atoms with Crippen molar-refractivity contribution in [1.82, 2.24) is 10.6 Å². The SMILES string of the molecule is CS(=O)(=O)c1ccc(C2CNCC(NCC3CCOC3)=N2)cc1. The van der Waals surface area contributed by atoms with Gasteiger partial charge in [-0.3, -0.25) is 4.99 Å². The van der Waals surface area contributed by atoms with Gasteiger partial charge in [0.2, 0.25) is 0 Å². The maximum absolute atomic E-state index is 11.5. The molecular weight excluding hydrogens is 314 g/mol. The van der Waals surface area contributed by atoms with E-state index in [1.807, 2.05) is 12.1 Å². The van der Waals surface area contributed by atoms with Crippen molar-refractivity contribution < 1.29 is 13.2 Å². The number of nitrogens with one attached hydrogen (secondary N) is 2. The van der Waals surface area contributed by atoms with E-state index in [-0.39, 0.29) is 6.04 Å². The molecule has 0 spiro atoms. The zero-order valence-corrected chi connectivity index (χ0v) is 14.1. The van der Waals surface area contributed by atoms with Crippen LogP contribution in [0.5, 0.6) is 0 Å². The predicted molar refractivity (Wildman–Crippen MR) is 89.5 cm³/mol. The van der Waals surface area contributed by atoms with Crippen LogP contribution in [0.4, 0.5) is 0 Å². The van der Waals surface area contributed by atoms with Crippen LogP contribution in [0.25, 0.3) is 0 Å². The summed E-state index contributed by atoms with van der Waals surface area (Å²) in [6.45, 7) is 4.07. The first kappa shape index (κ1) is 16.4. The van der Waals surface area contributed by atoms with E-state index in [2.05, 4.69) is 10.6 Å². The second-order valence-electron chi connectivity index (χ2n) is 6.17. The maximum Gasteiger partial charge on any atom is 0.175 e. The van der Waals surface area contributed by atoms with Gasteiger partial charge in [0, 0.05) is 31.9 Å². The zero-order chi connectivity index (χ0) is 16.3. The second-order valence-corrected chi connectivity index (χ2v) is 8.19. The quantitative estimate of drug-likeness (QED) is 0.848. The highest BCUT2D eigenvalue weighted by atomic mass is 32.2. The maximum atomic E-state index is 11.5. The van der Waals surface area contributed by atoms with Gasteiger partial charge in [-0.15, -0.1) is 0 Å². The second kappa shape index (κ2) is 6.98. The molecular formula is C16H23N3O3S. The van der Waals surface area contributed by atoms with Crippen molar-refractivity contribution in [2.45, 2.75) is 17.4 Å². The van der Waals surface area contributed by atoms with Gasteiger partial charge in [-0.25, -0.2) is 8.42 Å². The van der Waals surface area contributed by atoms with Crippen molar-refractivity contribution in [1.29, 1.82) is 0 Å². The van der Waals surface area contributed by atoms with Crippen LogP contribution in [0.2, 0.25) is 0 Å². The number of hydrogen-bond donors (Lipinski definition) is 2. The first-order valence-corrected chi connectivity index (χ1v) is 9.80. The molecule has 0 aliphatic carbocycles. The summed E-state index contributed by atoms with van der Waals surface area (Å²) in [6.07, 6.45) is 2.32. The molecule has 2 heterocycles. The van der Waals surface area contributed by atoms with E-state index >= 15 is 0 Å². The minimum atomic E-state index is -3.15. The molecule has 2 N–H and O–H groups in total. The Bertz CT molecular complexity index is 664. The van der Waals surface area contributed by atoms with E-state index in [9.17, 15) is 8.42 Å². The van der Waals surface area contributed by atoms with Crippen LogP contribution in [0.1, 0.15) is 18.0 Å². The number of rotatable bonds is 4. The molecule has 126 valence electrons. The summed E-state index contributed by atoms with van der Waals surface area (Å²) in [5, 5.41) is 6.77. The minimum Gasteiger partial charge on any atom is -0.381 e. The van der Waals surface area contributed by atoms with E-state index in [0.717, 1.165) is 50.7 Å². The van der Waals surface area contributed by atoms with Crippen LogP contribution in [0.15, 0.2) is 34.2 Å². The van der Waals surface area contributed by atoms with Gasteiger partial charge in [-0.2, -0.15) is 0 Å². The Labute approximate surface area is 137 Å². The van der Waals surface area contributed by atoms with Gasteiger partial charge >= 0.3 is 0 Å². The number of ether oxygens (including phenoxy) is 1. The number of aliphatic imine (C=N–C) groups is 1. The highest BCUT2D eigenvalue weighted by Crippen LogP contribution is 2.21. The monoisotopic (exact) mass is 337 g/mol. The van der Waals surface area contributed by atoms with Gasteiger partial charge in [0.15, 0.2) is 9.84 Å². The van der Waals surface area contributed by atoms with Crippen molar-refractivity contribution in [3.8, 4) is 0 Å². The molecule has 0 radical (unpaired) electrons. The lowest BCUT2D eigenvalue weighted by Gasteiger charge is -2.23. The lowest BCUT2D eigenvalue weighted by atomic mass is 10.1. The topological polar surface area (TPSA) is 79.8 Å². The number of nitrogens with zero attached hydrogens (tertiary/aromatic N) is 1. The Morgan fingerprint density at radius 2 is 2.13 bits per heavy atom. The molecule has 1 saturated heterocycles. The molecule has 0 amide bonds. The standard InChI is InChI=1S/C16H23N3O3S/c1-23(20,21)14-4-2-13(3-5-14)15-9-17-10-16(19-15)18-8-12-6-7-22-11-12/h2-5,12,15,17H,6-11H2,1H3,(H,18,19). The van der Waals surface area contributed by atoms with Crippen LogP contribution in [0.3, 0.4) is 0 Å². The third-order valence-corrected chi connectivity index (χ3v) is 5.38. The van der Waals surface area contributed by atoms with E-state index in [1.165, 1.54) is 6.26 Å². The van der Waals surface area contributed by atoms with Gasteiger partial charge < -0.3 is 15.4 Å². The van der Waals surface area contributed by atoms with Crippen molar-refractivity contribution in [2.75, 3.05) is 39.1 Å². The third-order valence-electron chi connectivity index (χ3n) is 4.25. The van der Waals surface area contributed by atoms with Crippen molar-refractivity contribution >= 4 is 15.7 Å². The van der Waals surface area contributed by atoms with Crippen LogP contribution in [-0.2, 0) is 14.6 Å². The Morgan fingerprint density at radius 3 is 2.78 bits per heavy atom. The number of hydrogen-bond acceptors (Lipinski definition) is 6. The van der Waals surface area contributed by atoms with Crippen LogP contribution in [-0.4, -0.2) is 53.4 Å². The molecule has 3 rings (SSSR count). The molecule has 2 unspecified atom stereocenters. The third kappa shape index (κ3) is 4.31. The Hall–Kier alpha value is -1.44. The molecule has 1 fully saturated rings. The molecule has 1 aromatic rings. The first-order chi connectivity index (χ1) is 11.0. The van der Waals surface area contributed by atoms with Crippen molar-refractivity contribution in [3.05, 3.63) is 29.8 Å². The summed E-state index contributed by atoms with van der Waals surface area (Å²) in [6, 6.07) is 7.01. The fourth-order valence-corrected chi connectivity index (χ4v) is 3.48. The van der Waals surface area contributed by atoms with Crippen molar-refractivity contribution in [2.24, 2.45) is 10.9 Å². The minimum absolute atomic E-state index is 0.0136. The fraction of sp³-hybridized carbons (Fsp3) is 0.562. The van der Waals surface area contributed by atoms with E-state index in [1.54, 1.807) is 12.1 Å². The molecule has 0 aromatic heterocycles. The van der Waals surface area contributed by atoms with Crippen LogP contribution >= 0.6 is 0 Å². The highest BCUT2D eigenvalue weighted by molar-refractivity contribution is 7.90. The summed E-state index contributed by atoms with van der Waals surface area (Å²) in [5.41, 5.74) is 1.02. The van der Waals surface area contributed by atoms with Gasteiger partial charge in [0.05, 0.1) is 24.1 Å². The van der Waals surface area contributed by atoms with E-state index < -0.39 is 9.84 Å². The highest BCUT2D eigenvalue weighted by Gasteiger charge is 2.19. The summed E-state index contributed by atoms with van der Waals surface area (Å²) >= 11 is 0. The predicted octanol–water partition coefficient (Wildman–Crippen LogP) is 0.759. The van der Waals surface area contributed by atoms with Gasteiger partial charge in [0.25, 0.3) is 0 Å². The molecule has 1 aromatic carbocycles. The summed E-state index contributed by atoms with van der Waals surface area (Å²) in [4.78, 5) is 5.10. The van der Waals surface area contributed by atoms with Crippen LogP contribution < -0.4 is 10.6 Å². The Morgan fingerprint density at radius 1 is 1.35 bits per heavy atom. The Kier molecular flexibility index (Phi) is 4.99. The zero-order valence-electron chi connectivity index (χ0n) is 13.3. The smallest absolute Gasteiger partial charge is 0.175 e. The van der Waals surface area contributed by atoms with Crippen molar-refractivity contribution in [3.63, 3.8) is 0 Å². The van der Waals surface area contributed by atoms with Crippen LogP contribution in [0, 0.1) is 5.92 Å². The first-order valence-electron chi connectivity index (χ1n) is 7.91. The lowest BCUT2D eigenvalue weighted by molar-refractivity contribution is 0.186. The normalized spacial score (nSPS) is 25.2. The Balaban J connectivity index is 1.65. The fourth-order valence-electron chi connectivity index (χ4n) is 2.85. The average molecular weight is 337 g/mol. The largest absolute Gasteiger partial charge is 0.381 e. The van der Waals surface area contributed by atoms with E-state index in [0.29, 0.717) is 10.8 Å². The van der Waals surface area contributed by atoms with Gasteiger partial charge in [-0.1, -0.05) is 12.1 Å². The molecule has 23 heavy (non-hydrogen) atoms. The summed E-state index contributed by atoms with van der Waals surface area (Å²) < 4.78 is 28.4. The van der Waals surface area contributed by atoms with Gasteiger partial charge in [-0.05, 0) is 24.1 Å². The molecule has 2 aliphatic rings. The molecule has 7 heteroatoms. The number of benzene rings is 1. The number of amidine groups is 1.